The van der Waals surface area contributed by atoms with E-state index in [2.05, 4.69) is 9.97 Å². The minimum Gasteiger partial charge on any atom is -0.465 e. The molecule has 1 unspecified atom stereocenters. The van der Waals surface area contributed by atoms with Gasteiger partial charge in [-0.15, -0.1) is 0 Å². The molecule has 0 saturated heterocycles. The molecule has 0 amide bonds. The molecule has 74 valence electrons. The number of hydrogen-bond acceptors (Lipinski definition) is 5. The lowest BCUT2D eigenvalue weighted by molar-refractivity contribution is -0.143. The van der Waals surface area contributed by atoms with E-state index in [1.165, 1.54) is 18.6 Å². The van der Waals surface area contributed by atoms with E-state index < -0.39 is 11.9 Å². The Morgan fingerprint density at radius 3 is 3.00 bits per heavy atom. The standard InChI is InChI=1S/C9H11N3O2/c1-2-14-9(13)7(5-10)8-6-11-3-4-12-8/h3-7,10H,2H2,1H3. The molecular weight excluding hydrogens is 182 g/mol. The highest BCUT2D eigenvalue weighted by Gasteiger charge is 2.20. The van der Waals surface area contributed by atoms with E-state index >= 15 is 0 Å². The number of carbonyl (C=O) groups excluding carboxylic acids is 1. The first-order valence-electron chi connectivity index (χ1n) is 4.22. The van der Waals surface area contributed by atoms with E-state index in [1.54, 1.807) is 6.92 Å². The SMILES string of the molecule is CCOC(=O)C(C=N)c1cnccn1. The largest absolute Gasteiger partial charge is 0.465 e. The topological polar surface area (TPSA) is 75.9 Å². The van der Waals surface area contributed by atoms with Gasteiger partial charge in [0.05, 0.1) is 12.3 Å². The van der Waals surface area contributed by atoms with E-state index in [-0.39, 0.29) is 0 Å². The summed E-state index contributed by atoms with van der Waals surface area (Å²) in [4.78, 5) is 19.1. The van der Waals surface area contributed by atoms with E-state index in [1.807, 2.05) is 0 Å². The van der Waals surface area contributed by atoms with Gasteiger partial charge in [-0.3, -0.25) is 14.8 Å². The second kappa shape index (κ2) is 5.06. The molecule has 0 aliphatic heterocycles. The smallest absolute Gasteiger partial charge is 0.320 e. The van der Waals surface area contributed by atoms with E-state index in [0.29, 0.717) is 12.3 Å². The number of nitrogens with zero attached hydrogens (tertiary/aromatic N) is 2. The highest BCUT2D eigenvalue weighted by Crippen LogP contribution is 2.10. The Hall–Kier alpha value is -1.78. The van der Waals surface area contributed by atoms with Gasteiger partial charge in [0.25, 0.3) is 0 Å². The highest BCUT2D eigenvalue weighted by atomic mass is 16.5. The van der Waals surface area contributed by atoms with Crippen molar-refractivity contribution in [1.82, 2.24) is 9.97 Å². The Morgan fingerprint density at radius 2 is 2.50 bits per heavy atom. The van der Waals surface area contributed by atoms with E-state index in [9.17, 15) is 4.79 Å². The van der Waals surface area contributed by atoms with Crippen LogP contribution in [0.1, 0.15) is 18.5 Å². The fraction of sp³-hybridized carbons (Fsp3) is 0.333. The second-order valence-electron chi connectivity index (χ2n) is 2.53. The molecular formula is C9H11N3O2. The van der Waals surface area contributed by atoms with Crippen molar-refractivity contribution in [1.29, 1.82) is 5.41 Å². The van der Waals surface area contributed by atoms with E-state index in [0.717, 1.165) is 6.21 Å². The third kappa shape index (κ3) is 2.35. The molecule has 0 saturated carbocycles. The first-order chi connectivity index (χ1) is 6.79. The lowest BCUT2D eigenvalue weighted by Gasteiger charge is -2.08. The lowest BCUT2D eigenvalue weighted by atomic mass is 10.1. The number of carbonyl (C=O) groups is 1. The molecule has 0 radical (unpaired) electrons. The van der Waals surface area contributed by atoms with Crippen LogP contribution in [-0.2, 0) is 9.53 Å². The van der Waals surface area contributed by atoms with Crippen molar-refractivity contribution in [3.05, 3.63) is 24.3 Å². The summed E-state index contributed by atoms with van der Waals surface area (Å²) in [7, 11) is 0. The molecule has 0 bridgehead atoms. The molecule has 1 rings (SSSR count). The molecule has 1 aromatic heterocycles. The molecule has 0 aliphatic carbocycles. The van der Waals surface area contributed by atoms with Crippen molar-refractivity contribution >= 4 is 12.2 Å². The zero-order valence-electron chi connectivity index (χ0n) is 7.80. The minimum absolute atomic E-state index is 0.295. The Morgan fingerprint density at radius 1 is 1.71 bits per heavy atom. The molecule has 0 aromatic carbocycles. The van der Waals surface area contributed by atoms with Crippen molar-refractivity contribution < 1.29 is 9.53 Å². The number of ether oxygens (including phenoxy) is 1. The summed E-state index contributed by atoms with van der Waals surface area (Å²) in [6.45, 7) is 2.01. The minimum atomic E-state index is -0.747. The molecule has 5 nitrogen and oxygen atoms in total. The van der Waals surface area contributed by atoms with Crippen molar-refractivity contribution in [3.8, 4) is 0 Å². The Bertz CT molecular complexity index is 313. The zero-order chi connectivity index (χ0) is 10.4. The number of esters is 1. The Labute approximate surface area is 81.7 Å². The summed E-state index contributed by atoms with van der Waals surface area (Å²) in [5.74, 6) is -1.22. The van der Waals surface area contributed by atoms with Crippen LogP contribution in [0.25, 0.3) is 0 Å². The summed E-state index contributed by atoms with van der Waals surface area (Å²) < 4.78 is 4.79. The molecule has 1 N–H and O–H groups in total. The second-order valence-corrected chi connectivity index (χ2v) is 2.53. The van der Waals surface area contributed by atoms with Crippen LogP contribution >= 0.6 is 0 Å². The summed E-state index contributed by atoms with van der Waals surface area (Å²) in [5.41, 5.74) is 0.431. The van der Waals surface area contributed by atoms with Gasteiger partial charge in [-0.1, -0.05) is 0 Å². The normalized spacial score (nSPS) is 11.8. The van der Waals surface area contributed by atoms with Crippen molar-refractivity contribution in [2.45, 2.75) is 12.8 Å². The first-order valence-corrected chi connectivity index (χ1v) is 4.22. The molecule has 1 heterocycles. The van der Waals surface area contributed by atoms with Crippen LogP contribution in [0.4, 0.5) is 0 Å². The summed E-state index contributed by atoms with van der Waals surface area (Å²) in [6.07, 6.45) is 5.44. The van der Waals surface area contributed by atoms with Crippen LogP contribution in [0.15, 0.2) is 18.6 Å². The monoisotopic (exact) mass is 193 g/mol. The van der Waals surface area contributed by atoms with Gasteiger partial charge in [0.2, 0.25) is 0 Å². The van der Waals surface area contributed by atoms with Crippen molar-refractivity contribution in [2.24, 2.45) is 0 Å². The Balaban J connectivity index is 2.82. The predicted octanol–water partition coefficient (Wildman–Crippen LogP) is 0.773. The summed E-state index contributed by atoms with van der Waals surface area (Å²) in [5, 5.41) is 7.11. The Kier molecular flexibility index (Phi) is 3.72. The fourth-order valence-corrected chi connectivity index (χ4v) is 0.977. The predicted molar refractivity (Wildman–Crippen MR) is 50.2 cm³/mol. The molecule has 0 spiro atoms. The van der Waals surface area contributed by atoms with Crippen LogP contribution in [0.3, 0.4) is 0 Å². The van der Waals surface area contributed by atoms with Gasteiger partial charge in [-0.25, -0.2) is 0 Å². The van der Waals surface area contributed by atoms with Gasteiger partial charge < -0.3 is 10.1 Å². The molecule has 1 aromatic rings. The first kappa shape index (κ1) is 10.3. The van der Waals surface area contributed by atoms with Crippen molar-refractivity contribution in [2.75, 3.05) is 6.61 Å². The van der Waals surface area contributed by atoms with Gasteiger partial charge in [-0.2, -0.15) is 0 Å². The zero-order valence-corrected chi connectivity index (χ0v) is 7.80. The van der Waals surface area contributed by atoms with Crippen LogP contribution in [-0.4, -0.2) is 28.8 Å². The molecule has 0 aliphatic rings. The number of nitrogens with one attached hydrogen (secondary N) is 1. The third-order valence-electron chi connectivity index (χ3n) is 1.61. The summed E-state index contributed by atoms with van der Waals surface area (Å²) >= 11 is 0. The van der Waals surface area contributed by atoms with Crippen molar-refractivity contribution in [3.63, 3.8) is 0 Å². The lowest BCUT2D eigenvalue weighted by Crippen LogP contribution is -2.18. The maximum atomic E-state index is 11.3. The average Bonchev–Trinajstić information content (AvgIpc) is 2.21. The maximum absolute atomic E-state index is 11.3. The quantitative estimate of drug-likeness (QED) is 0.566. The molecule has 14 heavy (non-hydrogen) atoms. The van der Waals surface area contributed by atoms with Gasteiger partial charge in [-0.05, 0) is 6.92 Å². The van der Waals surface area contributed by atoms with Gasteiger partial charge in [0.1, 0.15) is 5.92 Å². The fourth-order valence-electron chi connectivity index (χ4n) is 0.977. The van der Waals surface area contributed by atoms with Crippen LogP contribution in [0, 0.1) is 5.41 Å². The van der Waals surface area contributed by atoms with Gasteiger partial charge in [0, 0.05) is 24.8 Å². The average molecular weight is 193 g/mol. The molecule has 5 heteroatoms. The summed E-state index contributed by atoms with van der Waals surface area (Å²) in [6, 6.07) is 0. The van der Waals surface area contributed by atoms with Gasteiger partial charge >= 0.3 is 5.97 Å². The number of rotatable bonds is 4. The van der Waals surface area contributed by atoms with Gasteiger partial charge in [0.15, 0.2) is 0 Å². The van der Waals surface area contributed by atoms with E-state index in [4.69, 9.17) is 10.1 Å². The maximum Gasteiger partial charge on any atom is 0.320 e. The number of hydrogen-bond donors (Lipinski definition) is 1. The van der Waals surface area contributed by atoms with Crippen LogP contribution in [0.5, 0.6) is 0 Å². The van der Waals surface area contributed by atoms with Crippen LogP contribution < -0.4 is 0 Å². The number of aromatic nitrogens is 2. The molecule has 1 atom stereocenters. The molecule has 0 fully saturated rings. The van der Waals surface area contributed by atoms with Crippen LogP contribution in [0.2, 0.25) is 0 Å². The highest BCUT2D eigenvalue weighted by molar-refractivity contribution is 5.94. The third-order valence-corrected chi connectivity index (χ3v) is 1.61.